The maximum Gasteiger partial charge on any atom is 0.406 e. The van der Waals surface area contributed by atoms with Crippen molar-refractivity contribution in [1.29, 1.82) is 0 Å². The Labute approximate surface area is 134 Å². The Morgan fingerprint density at radius 1 is 1.35 bits per heavy atom. The van der Waals surface area contributed by atoms with Crippen molar-refractivity contribution in [2.45, 2.75) is 69.8 Å². The molecule has 1 spiro atoms. The van der Waals surface area contributed by atoms with Crippen molar-refractivity contribution in [1.82, 2.24) is 10.2 Å². The predicted molar refractivity (Wildman–Crippen MR) is 78.9 cm³/mol. The van der Waals surface area contributed by atoms with E-state index in [4.69, 9.17) is 4.74 Å². The number of carbonyl (C=O) groups is 1. The Bertz CT molecular complexity index is 449. The van der Waals surface area contributed by atoms with E-state index in [-0.39, 0.29) is 24.1 Å². The van der Waals surface area contributed by atoms with Crippen LogP contribution in [0, 0.1) is 5.41 Å². The van der Waals surface area contributed by atoms with Crippen molar-refractivity contribution in [3.8, 4) is 0 Å². The van der Waals surface area contributed by atoms with Gasteiger partial charge >= 0.3 is 6.18 Å². The van der Waals surface area contributed by atoms with E-state index >= 15 is 0 Å². The summed E-state index contributed by atoms with van der Waals surface area (Å²) in [5.41, 5.74) is 0.0910. The second-order valence-corrected chi connectivity index (χ2v) is 7.06. The second kappa shape index (κ2) is 6.24. The van der Waals surface area contributed by atoms with Gasteiger partial charge in [0.15, 0.2) is 0 Å². The van der Waals surface area contributed by atoms with Crippen LogP contribution in [0.3, 0.4) is 0 Å². The van der Waals surface area contributed by atoms with E-state index in [1.54, 1.807) is 0 Å². The first-order valence-corrected chi connectivity index (χ1v) is 8.59. The zero-order valence-electron chi connectivity index (χ0n) is 13.5. The molecule has 1 heterocycles. The van der Waals surface area contributed by atoms with Crippen molar-refractivity contribution in [3.05, 3.63) is 0 Å². The maximum atomic E-state index is 12.5. The molecule has 0 aromatic heterocycles. The van der Waals surface area contributed by atoms with Crippen LogP contribution in [0.15, 0.2) is 0 Å². The summed E-state index contributed by atoms with van der Waals surface area (Å²) in [5, 5.41) is 3.36. The summed E-state index contributed by atoms with van der Waals surface area (Å²) in [7, 11) is 0. The smallest absolute Gasteiger partial charge is 0.378 e. The monoisotopic (exact) mass is 334 g/mol. The Morgan fingerprint density at radius 2 is 2.04 bits per heavy atom. The standard InChI is InChI=1S/C16H25F3N2O2/c1-2-23-13-9-12(15(13)6-3-4-7-15)20-11-5-8-21(14(11)22)10-16(17,18)19/h11-13,20H,2-10H2,1H3/t11-,12-,13-/m1/s1. The number of hydrogen-bond donors (Lipinski definition) is 1. The lowest BCUT2D eigenvalue weighted by atomic mass is 9.60. The molecule has 3 fully saturated rings. The average Bonchev–Trinajstić information content (AvgIpc) is 3.08. The van der Waals surface area contributed by atoms with Gasteiger partial charge in [-0.1, -0.05) is 12.8 Å². The van der Waals surface area contributed by atoms with Crippen molar-refractivity contribution in [2.24, 2.45) is 5.41 Å². The van der Waals surface area contributed by atoms with Crippen molar-refractivity contribution < 1.29 is 22.7 Å². The van der Waals surface area contributed by atoms with Crippen LogP contribution < -0.4 is 5.32 Å². The van der Waals surface area contributed by atoms with Gasteiger partial charge in [-0.2, -0.15) is 13.2 Å². The van der Waals surface area contributed by atoms with Gasteiger partial charge in [0.25, 0.3) is 0 Å². The van der Waals surface area contributed by atoms with Gasteiger partial charge in [-0.25, -0.2) is 0 Å². The highest BCUT2D eigenvalue weighted by Gasteiger charge is 2.57. The van der Waals surface area contributed by atoms with Crippen LogP contribution in [-0.2, 0) is 9.53 Å². The molecule has 1 N–H and O–H groups in total. The number of carbonyl (C=O) groups excluding carboxylic acids is 1. The van der Waals surface area contributed by atoms with Gasteiger partial charge in [0, 0.05) is 24.6 Å². The molecule has 3 aliphatic rings. The van der Waals surface area contributed by atoms with Crippen LogP contribution in [0.2, 0.25) is 0 Å². The van der Waals surface area contributed by atoms with E-state index in [2.05, 4.69) is 5.32 Å². The Balaban J connectivity index is 1.59. The van der Waals surface area contributed by atoms with Gasteiger partial charge in [-0.15, -0.1) is 0 Å². The highest BCUT2D eigenvalue weighted by molar-refractivity contribution is 5.84. The van der Waals surface area contributed by atoms with Crippen molar-refractivity contribution in [2.75, 3.05) is 19.7 Å². The number of nitrogens with one attached hydrogen (secondary N) is 1. The highest BCUT2D eigenvalue weighted by atomic mass is 19.4. The van der Waals surface area contributed by atoms with Crippen LogP contribution in [0.1, 0.15) is 45.4 Å². The highest BCUT2D eigenvalue weighted by Crippen LogP contribution is 2.55. The zero-order valence-corrected chi connectivity index (χ0v) is 13.5. The van der Waals surface area contributed by atoms with E-state index in [9.17, 15) is 18.0 Å². The third-order valence-electron chi connectivity index (χ3n) is 5.76. The van der Waals surface area contributed by atoms with Gasteiger partial charge in [0.1, 0.15) is 6.54 Å². The summed E-state index contributed by atoms with van der Waals surface area (Å²) < 4.78 is 43.3. The second-order valence-electron chi connectivity index (χ2n) is 7.06. The van der Waals surface area contributed by atoms with Crippen LogP contribution in [-0.4, -0.2) is 54.9 Å². The quantitative estimate of drug-likeness (QED) is 0.840. The summed E-state index contributed by atoms with van der Waals surface area (Å²) in [6, 6.07) is -0.274. The predicted octanol–water partition coefficient (Wildman–Crippen LogP) is 2.48. The van der Waals surface area contributed by atoms with Crippen LogP contribution in [0.25, 0.3) is 0 Å². The van der Waals surface area contributed by atoms with E-state index in [1.165, 1.54) is 12.8 Å². The molecule has 2 saturated carbocycles. The molecule has 3 rings (SSSR count). The molecule has 7 heteroatoms. The number of halogens is 3. The number of rotatable bonds is 5. The summed E-state index contributed by atoms with van der Waals surface area (Å²) in [6.45, 7) is 1.71. The van der Waals surface area contributed by atoms with E-state index < -0.39 is 24.7 Å². The minimum atomic E-state index is -4.33. The number of alkyl halides is 3. The number of likely N-dealkylation sites (tertiary alicyclic amines) is 1. The van der Waals surface area contributed by atoms with E-state index in [0.29, 0.717) is 13.0 Å². The molecule has 0 aromatic rings. The van der Waals surface area contributed by atoms with Crippen LogP contribution in [0.4, 0.5) is 13.2 Å². The van der Waals surface area contributed by atoms with Gasteiger partial charge < -0.3 is 15.0 Å². The number of hydrogen-bond acceptors (Lipinski definition) is 3. The maximum absolute atomic E-state index is 12.5. The first-order chi connectivity index (χ1) is 10.9. The van der Waals surface area contributed by atoms with Crippen molar-refractivity contribution >= 4 is 5.91 Å². The fraction of sp³-hybridized carbons (Fsp3) is 0.938. The van der Waals surface area contributed by atoms with Crippen LogP contribution in [0.5, 0.6) is 0 Å². The molecular weight excluding hydrogens is 309 g/mol. The SMILES string of the molecule is CCO[C@@H]1C[C@@H](N[C@@H]2CCN(CC(F)(F)F)C2=O)C12CCCC2. The summed E-state index contributed by atoms with van der Waals surface area (Å²) >= 11 is 0. The largest absolute Gasteiger partial charge is 0.406 e. The Kier molecular flexibility index (Phi) is 4.62. The first kappa shape index (κ1) is 17.0. The first-order valence-electron chi connectivity index (χ1n) is 8.59. The molecule has 1 amide bonds. The van der Waals surface area contributed by atoms with Crippen LogP contribution >= 0.6 is 0 Å². The minimum absolute atomic E-state index is 0.0910. The zero-order chi connectivity index (χ0) is 16.7. The normalized spacial score (nSPS) is 33.5. The molecule has 0 bridgehead atoms. The number of ether oxygens (including phenoxy) is 1. The van der Waals surface area contributed by atoms with Gasteiger partial charge in [-0.05, 0) is 32.6 Å². The number of nitrogens with zero attached hydrogens (tertiary/aromatic N) is 1. The summed E-state index contributed by atoms with van der Waals surface area (Å²) in [6.07, 6.45) is 1.73. The number of amides is 1. The molecule has 0 aromatic carbocycles. The lowest BCUT2D eigenvalue weighted by Gasteiger charge is -2.54. The lowest BCUT2D eigenvalue weighted by Crippen LogP contribution is -2.65. The molecule has 0 radical (unpaired) electrons. The van der Waals surface area contributed by atoms with Gasteiger partial charge in [-0.3, -0.25) is 4.79 Å². The average molecular weight is 334 g/mol. The fourth-order valence-corrected chi connectivity index (χ4v) is 4.63. The Morgan fingerprint density at radius 3 is 2.65 bits per heavy atom. The lowest BCUT2D eigenvalue weighted by molar-refractivity contribution is -0.159. The third kappa shape index (κ3) is 3.22. The Hall–Kier alpha value is -0.820. The molecule has 132 valence electrons. The van der Waals surface area contributed by atoms with E-state index in [0.717, 1.165) is 24.2 Å². The third-order valence-corrected chi connectivity index (χ3v) is 5.76. The minimum Gasteiger partial charge on any atom is -0.378 e. The molecular formula is C16H25F3N2O2. The molecule has 2 aliphatic carbocycles. The molecule has 4 nitrogen and oxygen atoms in total. The molecule has 3 atom stereocenters. The van der Waals surface area contributed by atoms with Gasteiger partial charge in [0.2, 0.25) is 5.91 Å². The van der Waals surface area contributed by atoms with E-state index in [1.807, 2.05) is 6.92 Å². The summed E-state index contributed by atoms with van der Waals surface area (Å²) in [5.74, 6) is -0.407. The fourth-order valence-electron chi connectivity index (χ4n) is 4.63. The summed E-state index contributed by atoms with van der Waals surface area (Å²) in [4.78, 5) is 13.1. The van der Waals surface area contributed by atoms with Gasteiger partial charge in [0.05, 0.1) is 12.1 Å². The topological polar surface area (TPSA) is 41.6 Å². The molecule has 23 heavy (non-hydrogen) atoms. The molecule has 1 saturated heterocycles. The molecule has 1 aliphatic heterocycles. The van der Waals surface area contributed by atoms with Crippen molar-refractivity contribution in [3.63, 3.8) is 0 Å². The molecule has 0 unspecified atom stereocenters.